The number of benzene rings is 5. The molecule has 2 aromatic heterocycles. The predicted octanol–water partition coefficient (Wildman–Crippen LogP) is 8.62. The molecule has 2 aliphatic rings. The molecule has 0 saturated heterocycles. The minimum absolute atomic E-state index is 0. The monoisotopic (exact) mass is 817 g/mol. The molecule has 4 heterocycles. The second-order valence-electron chi connectivity index (χ2n) is 11.8. The number of aryl methyl sites for hydroxylation is 3. The summed E-state index contributed by atoms with van der Waals surface area (Å²) >= 11 is 3.76. The molecular formula is C41H29BIrN2S2-2. The fraction of sp³-hybridized carbons (Fsp3) is 0.0732. The Hall–Kier alpha value is -3.93. The molecule has 2 aliphatic heterocycles. The first-order chi connectivity index (χ1) is 22.5. The first-order valence-electron chi connectivity index (χ1n) is 15.4. The molecule has 0 aliphatic carbocycles. The summed E-state index contributed by atoms with van der Waals surface area (Å²) in [5.74, 6) is 0. The van der Waals surface area contributed by atoms with E-state index >= 15 is 0 Å². The van der Waals surface area contributed by atoms with Gasteiger partial charge in [0.2, 0.25) is 6.71 Å². The van der Waals surface area contributed by atoms with Gasteiger partial charge >= 0.3 is 0 Å². The zero-order valence-electron chi connectivity index (χ0n) is 26.2. The van der Waals surface area contributed by atoms with Gasteiger partial charge in [-0.3, -0.25) is 4.98 Å². The van der Waals surface area contributed by atoms with Gasteiger partial charge in [0, 0.05) is 36.1 Å². The number of pyridine rings is 2. The molecule has 0 unspecified atom stereocenters. The minimum Gasteiger partial charge on any atom is -0.304 e. The summed E-state index contributed by atoms with van der Waals surface area (Å²) in [5.41, 5.74) is 13.1. The summed E-state index contributed by atoms with van der Waals surface area (Å²) in [7, 11) is 0. The van der Waals surface area contributed by atoms with Gasteiger partial charge in [0.25, 0.3) is 0 Å². The largest absolute Gasteiger partial charge is 0.304 e. The molecular weight excluding hydrogens is 788 g/mol. The van der Waals surface area contributed by atoms with Crippen molar-refractivity contribution in [3.05, 3.63) is 150 Å². The van der Waals surface area contributed by atoms with Crippen LogP contribution in [-0.4, -0.2) is 16.7 Å². The first-order valence-corrected chi connectivity index (χ1v) is 17.1. The normalized spacial score (nSPS) is 12.2. The van der Waals surface area contributed by atoms with Gasteiger partial charge in [-0.1, -0.05) is 95.3 Å². The average molecular weight is 817 g/mol. The summed E-state index contributed by atoms with van der Waals surface area (Å²) in [6.07, 6.45) is 1.92. The van der Waals surface area contributed by atoms with Crippen LogP contribution in [0.2, 0.25) is 0 Å². The molecule has 0 bridgehead atoms. The Kier molecular flexibility index (Phi) is 8.96. The van der Waals surface area contributed by atoms with Gasteiger partial charge in [-0.15, -0.1) is 76.4 Å². The van der Waals surface area contributed by atoms with Crippen LogP contribution in [0.1, 0.15) is 16.7 Å². The molecule has 0 fully saturated rings. The van der Waals surface area contributed by atoms with Crippen LogP contribution in [0, 0.1) is 32.9 Å². The number of fused-ring (bicyclic) bond motifs is 5. The van der Waals surface area contributed by atoms with Gasteiger partial charge in [0.15, 0.2) is 0 Å². The van der Waals surface area contributed by atoms with Crippen molar-refractivity contribution in [2.24, 2.45) is 0 Å². The first kappa shape index (κ1) is 31.7. The maximum Gasteiger partial charge on any atom is 0.228 e. The van der Waals surface area contributed by atoms with E-state index in [0.717, 1.165) is 33.4 Å². The van der Waals surface area contributed by atoms with Crippen LogP contribution in [0.4, 0.5) is 0 Å². The number of hydrogen-bond donors (Lipinski definition) is 0. The average Bonchev–Trinajstić information content (AvgIpc) is 3.09. The fourth-order valence-electron chi connectivity index (χ4n) is 6.17. The van der Waals surface area contributed by atoms with Gasteiger partial charge in [0.1, 0.15) is 0 Å². The van der Waals surface area contributed by atoms with Crippen molar-refractivity contribution in [1.29, 1.82) is 0 Å². The molecule has 47 heavy (non-hydrogen) atoms. The van der Waals surface area contributed by atoms with Crippen molar-refractivity contribution >= 4 is 57.5 Å². The van der Waals surface area contributed by atoms with Crippen molar-refractivity contribution in [3.63, 3.8) is 0 Å². The van der Waals surface area contributed by atoms with Crippen LogP contribution in [0.5, 0.6) is 0 Å². The molecule has 229 valence electrons. The molecule has 0 saturated carbocycles. The minimum atomic E-state index is 0. The molecule has 1 radical (unpaired) electrons. The van der Waals surface area contributed by atoms with Gasteiger partial charge in [-0.05, 0) is 70.8 Å². The van der Waals surface area contributed by atoms with Crippen molar-refractivity contribution in [1.82, 2.24) is 9.97 Å². The summed E-state index contributed by atoms with van der Waals surface area (Å²) in [6, 6.07) is 47.5. The molecule has 6 heteroatoms. The van der Waals surface area contributed by atoms with Crippen molar-refractivity contribution in [3.8, 4) is 22.5 Å². The van der Waals surface area contributed by atoms with Crippen molar-refractivity contribution < 1.29 is 20.1 Å². The summed E-state index contributed by atoms with van der Waals surface area (Å²) in [5, 5.41) is 1.16. The Bertz CT molecular complexity index is 2270. The van der Waals surface area contributed by atoms with Gasteiger partial charge in [-0.2, -0.15) is 0 Å². The number of para-hydroxylation sites is 1. The SMILES string of the molecule is Cc1c[c-]c(-c2cc(C)c(C)cn2)cc1.[Ir].[c-]1ccc2c(c1-c1ccc3ccccc3n1)Sc1cccc3c1B2c1ccccc1S3. The summed E-state index contributed by atoms with van der Waals surface area (Å²) in [4.78, 5) is 14.7. The third kappa shape index (κ3) is 6.01. The van der Waals surface area contributed by atoms with E-state index in [1.165, 1.54) is 52.7 Å². The Labute approximate surface area is 298 Å². The number of aromatic nitrogens is 2. The van der Waals surface area contributed by atoms with Crippen molar-refractivity contribution in [2.45, 2.75) is 40.4 Å². The quantitative estimate of drug-likeness (QED) is 0.129. The Balaban J connectivity index is 0.000000186. The van der Waals surface area contributed by atoms with Crippen LogP contribution in [-0.2, 0) is 20.1 Å². The zero-order valence-corrected chi connectivity index (χ0v) is 30.2. The third-order valence-corrected chi connectivity index (χ3v) is 11.1. The number of rotatable bonds is 2. The second kappa shape index (κ2) is 13.3. The standard InChI is InChI=1S/C27H15BNS2.C14H14N.Ir/c1-3-11-21-17(7-1)15-16-22(29-21)18-8-5-10-20-27(18)31-25-14-6-13-24-26(25)28(20)19-9-2-4-12-23(19)30-24;1-10-4-6-13(7-5-10)14-8-11(2)12(3)9-15-14;/h1-7,9-16H;4-6,8-9H,1-3H3;/q2*-1;. The van der Waals surface area contributed by atoms with E-state index in [-0.39, 0.29) is 26.8 Å². The Morgan fingerprint density at radius 2 is 1.45 bits per heavy atom. The Morgan fingerprint density at radius 1 is 0.660 bits per heavy atom. The maximum absolute atomic E-state index is 4.99. The molecule has 9 rings (SSSR count). The number of hydrogen-bond acceptors (Lipinski definition) is 4. The molecule has 5 aromatic carbocycles. The molecule has 7 aromatic rings. The van der Waals surface area contributed by atoms with Gasteiger partial charge in [-0.25, -0.2) is 0 Å². The topological polar surface area (TPSA) is 25.8 Å². The van der Waals surface area contributed by atoms with Gasteiger partial charge in [0.05, 0.1) is 5.52 Å². The smallest absolute Gasteiger partial charge is 0.228 e. The molecule has 0 amide bonds. The van der Waals surface area contributed by atoms with E-state index in [1.54, 1.807) is 0 Å². The van der Waals surface area contributed by atoms with E-state index in [9.17, 15) is 0 Å². The second-order valence-corrected chi connectivity index (χ2v) is 13.9. The summed E-state index contributed by atoms with van der Waals surface area (Å²) in [6.45, 7) is 6.50. The molecule has 2 nitrogen and oxygen atoms in total. The summed E-state index contributed by atoms with van der Waals surface area (Å²) < 4.78 is 0. The van der Waals surface area contributed by atoms with Gasteiger partial charge < -0.3 is 4.98 Å². The molecule has 0 atom stereocenters. The predicted molar refractivity (Wildman–Crippen MR) is 195 cm³/mol. The fourth-order valence-corrected chi connectivity index (χ4v) is 8.68. The van der Waals surface area contributed by atoms with Crippen LogP contribution in [0.3, 0.4) is 0 Å². The van der Waals surface area contributed by atoms with E-state index in [4.69, 9.17) is 4.98 Å². The van der Waals surface area contributed by atoms with Crippen LogP contribution in [0.15, 0.2) is 141 Å². The van der Waals surface area contributed by atoms with E-state index in [2.05, 4.69) is 141 Å². The third-order valence-electron chi connectivity index (χ3n) is 8.74. The van der Waals surface area contributed by atoms with E-state index in [0.29, 0.717) is 0 Å². The van der Waals surface area contributed by atoms with E-state index < -0.39 is 0 Å². The Morgan fingerprint density at radius 3 is 2.28 bits per heavy atom. The number of nitrogens with zero attached hydrogens (tertiary/aromatic N) is 2. The van der Waals surface area contributed by atoms with Crippen LogP contribution >= 0.6 is 23.5 Å². The van der Waals surface area contributed by atoms with Crippen LogP contribution in [0.25, 0.3) is 33.4 Å². The molecule has 0 N–H and O–H groups in total. The van der Waals surface area contributed by atoms with Crippen LogP contribution < -0.4 is 16.4 Å². The van der Waals surface area contributed by atoms with E-state index in [1.807, 2.05) is 41.9 Å². The zero-order chi connectivity index (χ0) is 31.2. The van der Waals surface area contributed by atoms with Crippen molar-refractivity contribution in [2.75, 3.05) is 0 Å². The molecule has 0 spiro atoms. The maximum atomic E-state index is 4.99.